The molecule has 6 heteroatoms. The Balaban J connectivity index is 1.58. The van der Waals surface area contributed by atoms with Gasteiger partial charge in [-0.3, -0.25) is 9.69 Å². The largest absolute Gasteiger partial charge is 0.497 e. The van der Waals surface area contributed by atoms with Crippen LogP contribution in [0.2, 0.25) is 0 Å². The SMILES string of the molecule is COc1ccc(C(=O)/C=C/c2ccc(OCCN3CCOCC3)c(OC)c2)cc1. The van der Waals surface area contributed by atoms with E-state index in [1.165, 1.54) is 0 Å². The fourth-order valence-corrected chi connectivity index (χ4v) is 3.04. The van der Waals surface area contributed by atoms with Gasteiger partial charge in [0.1, 0.15) is 12.4 Å². The third kappa shape index (κ3) is 6.07. The lowest BCUT2D eigenvalue weighted by Crippen LogP contribution is -2.38. The summed E-state index contributed by atoms with van der Waals surface area (Å²) in [6.07, 6.45) is 3.32. The summed E-state index contributed by atoms with van der Waals surface area (Å²) in [6.45, 7) is 4.87. The highest BCUT2D eigenvalue weighted by molar-refractivity contribution is 6.06. The molecular formula is C23H27NO5. The summed E-state index contributed by atoms with van der Waals surface area (Å²) in [5, 5.41) is 0. The summed E-state index contributed by atoms with van der Waals surface area (Å²) in [6, 6.07) is 12.7. The first-order valence-corrected chi connectivity index (χ1v) is 9.67. The van der Waals surface area contributed by atoms with Gasteiger partial charge in [-0.05, 0) is 48.0 Å². The number of ketones is 1. The zero-order valence-corrected chi connectivity index (χ0v) is 16.9. The van der Waals surface area contributed by atoms with Crippen LogP contribution in [0, 0.1) is 0 Å². The van der Waals surface area contributed by atoms with E-state index in [-0.39, 0.29) is 5.78 Å². The Bertz CT molecular complexity index is 826. The third-order valence-corrected chi connectivity index (χ3v) is 4.76. The van der Waals surface area contributed by atoms with Gasteiger partial charge in [-0.15, -0.1) is 0 Å². The van der Waals surface area contributed by atoms with Crippen molar-refractivity contribution in [3.8, 4) is 17.2 Å². The number of carbonyl (C=O) groups excluding carboxylic acids is 1. The van der Waals surface area contributed by atoms with Crippen LogP contribution in [0.1, 0.15) is 15.9 Å². The molecule has 0 unspecified atom stereocenters. The number of morpholine rings is 1. The van der Waals surface area contributed by atoms with Crippen molar-refractivity contribution in [3.05, 3.63) is 59.7 Å². The standard InChI is InChI=1S/C23H27NO5/c1-26-20-7-5-19(6-8-20)21(25)9-3-18-4-10-22(23(17-18)27-2)29-16-13-24-11-14-28-15-12-24/h3-10,17H,11-16H2,1-2H3/b9-3+. The Labute approximate surface area is 171 Å². The van der Waals surface area contributed by atoms with Gasteiger partial charge in [0, 0.05) is 25.2 Å². The van der Waals surface area contributed by atoms with Gasteiger partial charge in [-0.2, -0.15) is 0 Å². The van der Waals surface area contributed by atoms with Crippen molar-refractivity contribution in [3.63, 3.8) is 0 Å². The summed E-state index contributed by atoms with van der Waals surface area (Å²) in [5.74, 6) is 1.99. The molecule has 154 valence electrons. The summed E-state index contributed by atoms with van der Waals surface area (Å²) in [7, 11) is 3.21. The van der Waals surface area contributed by atoms with Gasteiger partial charge < -0.3 is 18.9 Å². The van der Waals surface area contributed by atoms with Crippen molar-refractivity contribution < 1.29 is 23.7 Å². The molecule has 3 rings (SSSR count). The normalized spacial score (nSPS) is 14.7. The highest BCUT2D eigenvalue weighted by atomic mass is 16.5. The number of rotatable bonds is 9. The fourth-order valence-electron chi connectivity index (χ4n) is 3.04. The number of ether oxygens (including phenoxy) is 4. The monoisotopic (exact) mass is 397 g/mol. The Hall–Kier alpha value is -2.83. The average molecular weight is 397 g/mol. The molecule has 2 aromatic rings. The molecule has 0 amide bonds. The van der Waals surface area contributed by atoms with Crippen LogP contribution in [-0.4, -0.2) is 64.4 Å². The van der Waals surface area contributed by atoms with Gasteiger partial charge in [0.25, 0.3) is 0 Å². The van der Waals surface area contributed by atoms with Crippen molar-refractivity contribution in [2.45, 2.75) is 0 Å². The molecule has 0 N–H and O–H groups in total. The van der Waals surface area contributed by atoms with Crippen LogP contribution < -0.4 is 14.2 Å². The lowest BCUT2D eigenvalue weighted by molar-refractivity contribution is 0.0321. The summed E-state index contributed by atoms with van der Waals surface area (Å²) in [5.41, 5.74) is 1.47. The van der Waals surface area contributed by atoms with E-state index in [9.17, 15) is 4.79 Å². The molecular weight excluding hydrogens is 370 g/mol. The number of benzene rings is 2. The Kier molecular flexibility index (Phi) is 7.67. The van der Waals surface area contributed by atoms with Gasteiger partial charge in [0.05, 0.1) is 27.4 Å². The van der Waals surface area contributed by atoms with Gasteiger partial charge in [0.2, 0.25) is 0 Å². The summed E-state index contributed by atoms with van der Waals surface area (Å²) in [4.78, 5) is 14.7. The molecule has 0 spiro atoms. The number of hydrogen-bond donors (Lipinski definition) is 0. The zero-order chi connectivity index (χ0) is 20.5. The Morgan fingerprint density at radius 1 is 1.03 bits per heavy atom. The van der Waals surface area contributed by atoms with E-state index in [1.54, 1.807) is 50.6 Å². The second-order valence-corrected chi connectivity index (χ2v) is 6.64. The van der Waals surface area contributed by atoms with E-state index < -0.39 is 0 Å². The maximum Gasteiger partial charge on any atom is 0.185 e. The van der Waals surface area contributed by atoms with Crippen LogP contribution in [-0.2, 0) is 4.74 Å². The second-order valence-electron chi connectivity index (χ2n) is 6.64. The van der Waals surface area contributed by atoms with Crippen molar-refractivity contribution in [1.82, 2.24) is 4.90 Å². The lowest BCUT2D eigenvalue weighted by Gasteiger charge is -2.26. The van der Waals surface area contributed by atoms with Crippen molar-refractivity contribution in [1.29, 1.82) is 0 Å². The minimum Gasteiger partial charge on any atom is -0.497 e. The molecule has 1 aliphatic heterocycles. The number of nitrogens with zero attached hydrogens (tertiary/aromatic N) is 1. The van der Waals surface area contributed by atoms with Crippen LogP contribution in [0.4, 0.5) is 0 Å². The Morgan fingerprint density at radius 2 is 1.79 bits per heavy atom. The number of allylic oxidation sites excluding steroid dienone is 1. The highest BCUT2D eigenvalue weighted by Crippen LogP contribution is 2.28. The third-order valence-electron chi connectivity index (χ3n) is 4.76. The summed E-state index contributed by atoms with van der Waals surface area (Å²) >= 11 is 0. The van der Waals surface area contributed by atoms with E-state index in [1.807, 2.05) is 18.2 Å². The molecule has 0 aliphatic carbocycles. The van der Waals surface area contributed by atoms with E-state index in [0.29, 0.717) is 23.7 Å². The number of carbonyl (C=O) groups is 1. The molecule has 0 radical (unpaired) electrons. The van der Waals surface area contributed by atoms with Crippen molar-refractivity contribution in [2.75, 3.05) is 53.7 Å². The lowest BCUT2D eigenvalue weighted by atomic mass is 10.1. The first kappa shape index (κ1) is 20.9. The number of hydrogen-bond acceptors (Lipinski definition) is 6. The molecule has 6 nitrogen and oxygen atoms in total. The van der Waals surface area contributed by atoms with Crippen molar-refractivity contribution in [2.24, 2.45) is 0 Å². The Morgan fingerprint density at radius 3 is 2.48 bits per heavy atom. The minimum absolute atomic E-state index is 0.0718. The van der Waals surface area contributed by atoms with Gasteiger partial charge in [-0.25, -0.2) is 0 Å². The predicted octanol–water partition coefficient (Wildman–Crippen LogP) is 3.31. The molecule has 29 heavy (non-hydrogen) atoms. The van der Waals surface area contributed by atoms with E-state index >= 15 is 0 Å². The van der Waals surface area contributed by atoms with E-state index in [2.05, 4.69) is 4.90 Å². The molecule has 0 aromatic heterocycles. The van der Waals surface area contributed by atoms with Crippen LogP contribution >= 0.6 is 0 Å². The topological polar surface area (TPSA) is 57.2 Å². The first-order chi connectivity index (χ1) is 14.2. The maximum absolute atomic E-state index is 12.3. The number of methoxy groups -OCH3 is 2. The predicted molar refractivity (Wildman–Crippen MR) is 112 cm³/mol. The molecule has 1 aliphatic rings. The van der Waals surface area contributed by atoms with E-state index in [0.717, 1.165) is 44.2 Å². The average Bonchev–Trinajstić information content (AvgIpc) is 2.78. The minimum atomic E-state index is -0.0718. The van der Waals surface area contributed by atoms with Crippen molar-refractivity contribution >= 4 is 11.9 Å². The molecule has 2 aromatic carbocycles. The molecule has 1 heterocycles. The van der Waals surface area contributed by atoms with Crippen LogP contribution in [0.15, 0.2) is 48.5 Å². The van der Waals surface area contributed by atoms with Gasteiger partial charge in [0.15, 0.2) is 17.3 Å². The van der Waals surface area contributed by atoms with E-state index in [4.69, 9.17) is 18.9 Å². The van der Waals surface area contributed by atoms with Crippen LogP contribution in [0.25, 0.3) is 6.08 Å². The fraction of sp³-hybridized carbons (Fsp3) is 0.348. The van der Waals surface area contributed by atoms with Crippen LogP contribution in [0.5, 0.6) is 17.2 Å². The quantitative estimate of drug-likeness (QED) is 0.478. The molecule has 0 atom stereocenters. The molecule has 0 saturated carbocycles. The molecule has 1 saturated heterocycles. The van der Waals surface area contributed by atoms with Gasteiger partial charge in [-0.1, -0.05) is 12.1 Å². The summed E-state index contributed by atoms with van der Waals surface area (Å²) < 4.78 is 21.8. The maximum atomic E-state index is 12.3. The van der Waals surface area contributed by atoms with Gasteiger partial charge >= 0.3 is 0 Å². The second kappa shape index (κ2) is 10.6. The zero-order valence-electron chi connectivity index (χ0n) is 16.9. The highest BCUT2D eigenvalue weighted by Gasteiger charge is 2.11. The molecule has 0 bridgehead atoms. The smallest absolute Gasteiger partial charge is 0.185 e. The molecule has 1 fully saturated rings. The van der Waals surface area contributed by atoms with Crippen LogP contribution in [0.3, 0.4) is 0 Å². The first-order valence-electron chi connectivity index (χ1n) is 9.67.